The molecule has 1 fully saturated rings. The van der Waals surface area contributed by atoms with Crippen LogP contribution in [0.3, 0.4) is 0 Å². The van der Waals surface area contributed by atoms with Crippen LogP contribution in [0.1, 0.15) is 31.9 Å². The van der Waals surface area contributed by atoms with Crippen molar-refractivity contribution in [1.82, 2.24) is 0 Å². The maximum absolute atomic E-state index is 9.53. The van der Waals surface area contributed by atoms with Gasteiger partial charge in [-0.25, -0.2) is 0 Å². The summed E-state index contributed by atoms with van der Waals surface area (Å²) < 4.78 is 12.5. The van der Waals surface area contributed by atoms with Gasteiger partial charge in [0.25, 0.3) is 0 Å². The third kappa shape index (κ3) is 2.34. The third-order valence-electron chi connectivity index (χ3n) is 4.22. The molecule has 0 aliphatic carbocycles. The van der Waals surface area contributed by atoms with Crippen LogP contribution in [-0.4, -0.2) is 21.9 Å². The summed E-state index contributed by atoms with van der Waals surface area (Å²) in [6, 6.07) is 13.6. The maximum atomic E-state index is 9.53. The van der Waals surface area contributed by atoms with Crippen LogP contribution in [0.15, 0.2) is 48.5 Å². The molecule has 1 saturated heterocycles. The molecule has 4 nitrogen and oxygen atoms in total. The highest BCUT2D eigenvalue weighted by molar-refractivity contribution is 5.39. The molecule has 1 heterocycles. The normalized spacial score (nSPS) is 22.6. The van der Waals surface area contributed by atoms with E-state index in [0.29, 0.717) is 0 Å². The molecule has 1 atom stereocenters. The molecule has 0 amide bonds. The molecule has 0 spiro atoms. The summed E-state index contributed by atoms with van der Waals surface area (Å²) in [5.74, 6) is -0.672. The van der Waals surface area contributed by atoms with Crippen molar-refractivity contribution in [2.75, 3.05) is 0 Å². The van der Waals surface area contributed by atoms with Gasteiger partial charge in [-0.3, -0.25) is 0 Å². The van der Waals surface area contributed by atoms with Crippen LogP contribution in [0, 0.1) is 0 Å². The molecule has 116 valence electrons. The molecule has 0 bridgehead atoms. The predicted octanol–water partition coefficient (Wildman–Crippen LogP) is 3.51. The largest absolute Gasteiger partial charge is 0.508 e. The molecule has 1 unspecified atom stereocenters. The lowest BCUT2D eigenvalue weighted by atomic mass is 9.96. The first-order valence-electron chi connectivity index (χ1n) is 7.30. The van der Waals surface area contributed by atoms with E-state index < -0.39 is 11.4 Å². The number of benzene rings is 2. The van der Waals surface area contributed by atoms with Crippen LogP contribution in [0.25, 0.3) is 0 Å². The second-order valence-corrected chi connectivity index (χ2v) is 6.18. The molecule has 1 aliphatic heterocycles. The predicted molar refractivity (Wildman–Crippen MR) is 82.7 cm³/mol. The average molecular weight is 300 g/mol. The first kappa shape index (κ1) is 14.9. The zero-order valence-corrected chi connectivity index (χ0v) is 12.9. The van der Waals surface area contributed by atoms with Crippen LogP contribution in [0.4, 0.5) is 0 Å². The van der Waals surface area contributed by atoms with Gasteiger partial charge in [0.2, 0.25) is 5.79 Å². The van der Waals surface area contributed by atoms with Gasteiger partial charge in [-0.2, -0.15) is 0 Å². The number of phenolic OH excluding ortho intramolecular Hbond substituents is 2. The zero-order chi connectivity index (χ0) is 16.0. The molecule has 3 rings (SSSR count). The molecule has 0 aromatic heterocycles. The van der Waals surface area contributed by atoms with E-state index in [9.17, 15) is 10.2 Å². The number of ether oxygens (including phenoxy) is 2. The summed E-state index contributed by atoms with van der Waals surface area (Å²) in [7, 11) is 0. The van der Waals surface area contributed by atoms with Gasteiger partial charge in [-0.1, -0.05) is 0 Å². The van der Waals surface area contributed by atoms with Crippen molar-refractivity contribution >= 4 is 0 Å². The van der Waals surface area contributed by atoms with Crippen molar-refractivity contribution < 1.29 is 19.7 Å². The van der Waals surface area contributed by atoms with E-state index in [-0.39, 0.29) is 17.6 Å². The van der Waals surface area contributed by atoms with E-state index in [1.165, 1.54) is 0 Å². The minimum absolute atomic E-state index is 0.116. The van der Waals surface area contributed by atoms with E-state index in [2.05, 4.69) is 0 Å². The topological polar surface area (TPSA) is 58.9 Å². The molecule has 22 heavy (non-hydrogen) atoms. The Morgan fingerprint density at radius 1 is 0.818 bits per heavy atom. The molecule has 4 heteroatoms. The van der Waals surface area contributed by atoms with E-state index in [1.807, 2.05) is 20.8 Å². The fraction of sp³-hybridized carbons (Fsp3) is 0.333. The van der Waals surface area contributed by atoms with Gasteiger partial charge < -0.3 is 19.7 Å². The number of aromatic hydroxyl groups is 2. The maximum Gasteiger partial charge on any atom is 0.223 e. The Hall–Kier alpha value is -2.04. The Morgan fingerprint density at radius 2 is 1.23 bits per heavy atom. The van der Waals surface area contributed by atoms with Gasteiger partial charge in [0.1, 0.15) is 11.5 Å². The second kappa shape index (κ2) is 5.00. The monoisotopic (exact) mass is 300 g/mol. The van der Waals surface area contributed by atoms with Crippen LogP contribution in [-0.2, 0) is 15.3 Å². The van der Waals surface area contributed by atoms with Crippen molar-refractivity contribution in [1.29, 1.82) is 0 Å². The lowest BCUT2D eigenvalue weighted by Gasteiger charge is -2.30. The fourth-order valence-electron chi connectivity index (χ4n) is 2.65. The van der Waals surface area contributed by atoms with Crippen molar-refractivity contribution in [3.63, 3.8) is 0 Å². The van der Waals surface area contributed by atoms with Crippen LogP contribution < -0.4 is 0 Å². The van der Waals surface area contributed by atoms with Crippen molar-refractivity contribution in [3.05, 3.63) is 59.7 Å². The second-order valence-electron chi connectivity index (χ2n) is 6.18. The van der Waals surface area contributed by atoms with Crippen molar-refractivity contribution in [2.45, 2.75) is 38.3 Å². The molecular weight excluding hydrogens is 280 g/mol. The first-order chi connectivity index (χ1) is 10.3. The molecule has 2 N–H and O–H groups in total. The quantitative estimate of drug-likeness (QED) is 0.891. The Morgan fingerprint density at radius 3 is 1.55 bits per heavy atom. The summed E-state index contributed by atoms with van der Waals surface area (Å²) in [5.41, 5.74) is 1.14. The molecule has 1 aliphatic rings. The standard InChI is InChI=1S/C18H20O4/c1-12-17(2,3)22-18(21-12,13-4-8-15(19)9-5-13)14-6-10-16(20)11-7-14/h4-12,19-20H,1-3H3. The van der Waals surface area contributed by atoms with Gasteiger partial charge in [-0.15, -0.1) is 0 Å². The van der Waals surface area contributed by atoms with E-state index in [0.717, 1.165) is 11.1 Å². The zero-order valence-electron chi connectivity index (χ0n) is 12.9. The van der Waals surface area contributed by atoms with Gasteiger partial charge in [0, 0.05) is 11.1 Å². The van der Waals surface area contributed by atoms with Crippen molar-refractivity contribution in [3.8, 4) is 11.5 Å². The van der Waals surface area contributed by atoms with Gasteiger partial charge in [-0.05, 0) is 69.3 Å². The number of hydrogen-bond acceptors (Lipinski definition) is 4. The van der Waals surface area contributed by atoms with Crippen LogP contribution in [0.2, 0.25) is 0 Å². The molecule has 0 saturated carbocycles. The van der Waals surface area contributed by atoms with Crippen LogP contribution >= 0.6 is 0 Å². The summed E-state index contributed by atoms with van der Waals surface area (Å²) in [6.07, 6.45) is -0.116. The molecule has 2 aromatic carbocycles. The van der Waals surface area contributed by atoms with E-state index in [1.54, 1.807) is 48.5 Å². The third-order valence-corrected chi connectivity index (χ3v) is 4.22. The minimum Gasteiger partial charge on any atom is -0.508 e. The van der Waals surface area contributed by atoms with E-state index in [4.69, 9.17) is 9.47 Å². The minimum atomic E-state index is -1.05. The Kier molecular flexibility index (Phi) is 3.38. The number of hydrogen-bond donors (Lipinski definition) is 2. The summed E-state index contributed by atoms with van der Waals surface area (Å²) in [4.78, 5) is 0. The number of rotatable bonds is 2. The Labute approximate surface area is 129 Å². The molecule has 2 aromatic rings. The van der Waals surface area contributed by atoms with Gasteiger partial charge in [0.15, 0.2) is 0 Å². The lowest BCUT2D eigenvalue weighted by molar-refractivity contribution is -0.161. The average Bonchev–Trinajstić information content (AvgIpc) is 2.71. The van der Waals surface area contributed by atoms with E-state index >= 15 is 0 Å². The van der Waals surface area contributed by atoms with Crippen molar-refractivity contribution in [2.24, 2.45) is 0 Å². The number of phenols is 2. The first-order valence-corrected chi connectivity index (χ1v) is 7.30. The SMILES string of the molecule is CC1OC(c2ccc(O)cc2)(c2ccc(O)cc2)OC1(C)C. The highest BCUT2D eigenvalue weighted by Crippen LogP contribution is 2.47. The molecule has 0 radical (unpaired) electrons. The van der Waals surface area contributed by atoms with Gasteiger partial charge >= 0.3 is 0 Å². The summed E-state index contributed by atoms with van der Waals surface area (Å²) in [5, 5.41) is 19.1. The summed E-state index contributed by atoms with van der Waals surface area (Å²) >= 11 is 0. The molecular formula is C18H20O4. The Bertz CT molecular complexity index is 613. The van der Waals surface area contributed by atoms with Crippen LogP contribution in [0.5, 0.6) is 11.5 Å². The summed E-state index contributed by atoms with van der Waals surface area (Å²) in [6.45, 7) is 5.95. The lowest BCUT2D eigenvalue weighted by Crippen LogP contribution is -2.33. The van der Waals surface area contributed by atoms with Gasteiger partial charge in [0.05, 0.1) is 11.7 Å². The Balaban J connectivity index is 2.15. The fourth-order valence-corrected chi connectivity index (χ4v) is 2.65. The highest BCUT2D eigenvalue weighted by atomic mass is 16.8. The highest BCUT2D eigenvalue weighted by Gasteiger charge is 2.52. The smallest absolute Gasteiger partial charge is 0.223 e.